The van der Waals surface area contributed by atoms with E-state index in [1.807, 2.05) is 23.6 Å². The van der Waals surface area contributed by atoms with Gasteiger partial charge in [-0.25, -0.2) is 0 Å². The molecule has 2 rings (SSSR count). The molecular weight excluding hydrogens is 204 g/mol. The number of rotatable bonds is 0. The molecule has 66 valence electrons. The average molecular weight is 211 g/mol. The molecule has 13 heavy (non-hydrogen) atoms. The van der Waals surface area contributed by atoms with Gasteiger partial charge in [0.05, 0.1) is 5.56 Å². The molecule has 4 heteroatoms. The van der Waals surface area contributed by atoms with E-state index in [4.69, 9.17) is 11.0 Å². The molecule has 1 aromatic heterocycles. The molecule has 2 nitrogen and oxygen atoms in total. The van der Waals surface area contributed by atoms with Crippen LogP contribution in [0.4, 0.5) is 5.69 Å². The first-order chi connectivity index (χ1) is 5.81. The van der Waals surface area contributed by atoms with Crippen LogP contribution in [0.1, 0.15) is 5.56 Å². The third kappa shape index (κ3) is 1.59. The monoisotopic (exact) mass is 210 g/mol. The Kier molecular flexibility index (Phi) is 2.76. The molecule has 0 aliphatic heterocycles. The van der Waals surface area contributed by atoms with Crippen LogP contribution in [0, 0.1) is 11.3 Å². The van der Waals surface area contributed by atoms with Gasteiger partial charge in [-0.05, 0) is 12.1 Å². The molecule has 2 N–H and O–H groups in total. The van der Waals surface area contributed by atoms with Crippen LogP contribution in [0.25, 0.3) is 10.1 Å². The van der Waals surface area contributed by atoms with Crippen molar-refractivity contribution >= 4 is 39.5 Å². The summed E-state index contributed by atoms with van der Waals surface area (Å²) in [5.74, 6) is 0. The molecule has 0 spiro atoms. The predicted molar refractivity (Wildman–Crippen MR) is 58.2 cm³/mol. The predicted octanol–water partition coefficient (Wildman–Crippen LogP) is 2.78. The van der Waals surface area contributed by atoms with E-state index in [1.54, 1.807) is 11.3 Å². The number of nitrogen functional groups attached to an aromatic ring is 1. The smallest absolute Gasteiger partial charge is 0.101 e. The van der Waals surface area contributed by atoms with Crippen molar-refractivity contribution in [3.05, 3.63) is 29.1 Å². The van der Waals surface area contributed by atoms with Gasteiger partial charge in [-0.3, -0.25) is 0 Å². The fourth-order valence-electron chi connectivity index (χ4n) is 1.13. The van der Waals surface area contributed by atoms with E-state index >= 15 is 0 Å². The number of thiophene rings is 1. The van der Waals surface area contributed by atoms with Crippen LogP contribution in [-0.4, -0.2) is 0 Å². The Balaban J connectivity index is 0.000000845. The van der Waals surface area contributed by atoms with Crippen molar-refractivity contribution in [1.29, 1.82) is 5.26 Å². The molecule has 0 unspecified atom stereocenters. The summed E-state index contributed by atoms with van der Waals surface area (Å²) in [7, 11) is 0. The third-order valence-corrected chi connectivity index (χ3v) is 2.67. The summed E-state index contributed by atoms with van der Waals surface area (Å²) in [6.45, 7) is 0. The highest BCUT2D eigenvalue weighted by Gasteiger charge is 2.01. The maximum Gasteiger partial charge on any atom is 0.101 e. The summed E-state index contributed by atoms with van der Waals surface area (Å²) >= 11 is 1.55. The number of hydrogen-bond donors (Lipinski definition) is 1. The molecule has 0 saturated carbocycles. The Morgan fingerprint density at radius 2 is 2.15 bits per heavy atom. The quantitative estimate of drug-likeness (QED) is 0.680. The second-order valence-corrected chi connectivity index (χ2v) is 3.43. The van der Waals surface area contributed by atoms with Crippen LogP contribution in [0.5, 0.6) is 0 Å². The first kappa shape index (κ1) is 9.85. The minimum Gasteiger partial charge on any atom is -0.399 e. The van der Waals surface area contributed by atoms with Gasteiger partial charge in [-0.1, -0.05) is 6.07 Å². The Morgan fingerprint density at radius 1 is 1.38 bits per heavy atom. The zero-order valence-corrected chi connectivity index (χ0v) is 8.28. The van der Waals surface area contributed by atoms with Gasteiger partial charge in [0.25, 0.3) is 0 Å². The van der Waals surface area contributed by atoms with Gasteiger partial charge in [-0.2, -0.15) is 5.26 Å². The summed E-state index contributed by atoms with van der Waals surface area (Å²) in [6, 6.07) is 7.73. The Labute approximate surface area is 86.0 Å². The lowest BCUT2D eigenvalue weighted by atomic mass is 10.2. The SMILES string of the molecule is Cl.N#Cc1csc2cc(N)ccc12. The van der Waals surface area contributed by atoms with Gasteiger partial charge in [0.2, 0.25) is 0 Å². The Morgan fingerprint density at radius 3 is 2.85 bits per heavy atom. The molecule has 0 radical (unpaired) electrons. The van der Waals surface area contributed by atoms with Gasteiger partial charge in [-0.15, -0.1) is 23.7 Å². The van der Waals surface area contributed by atoms with E-state index in [0.717, 1.165) is 21.3 Å². The molecule has 1 heterocycles. The lowest BCUT2D eigenvalue weighted by Gasteiger charge is -1.91. The normalized spacial score (nSPS) is 9.15. The van der Waals surface area contributed by atoms with Crippen molar-refractivity contribution in [2.45, 2.75) is 0 Å². The number of nitrogens with zero attached hydrogens (tertiary/aromatic N) is 1. The van der Waals surface area contributed by atoms with E-state index in [-0.39, 0.29) is 12.4 Å². The molecule has 0 bridgehead atoms. The van der Waals surface area contributed by atoms with Gasteiger partial charge in [0, 0.05) is 21.2 Å². The van der Waals surface area contributed by atoms with Crippen LogP contribution in [0.15, 0.2) is 23.6 Å². The van der Waals surface area contributed by atoms with Crippen molar-refractivity contribution in [2.75, 3.05) is 5.73 Å². The average Bonchev–Trinajstić information content (AvgIpc) is 2.46. The van der Waals surface area contributed by atoms with Gasteiger partial charge >= 0.3 is 0 Å². The van der Waals surface area contributed by atoms with Crippen LogP contribution in [0.3, 0.4) is 0 Å². The number of nitriles is 1. The summed E-state index contributed by atoms with van der Waals surface area (Å²) in [5, 5.41) is 11.6. The number of benzene rings is 1. The number of halogens is 1. The summed E-state index contributed by atoms with van der Waals surface area (Å²) in [5.41, 5.74) is 7.07. The molecule has 2 aromatic rings. The molecule has 0 amide bonds. The molecular formula is C9H7ClN2S. The molecule has 0 saturated heterocycles. The Bertz CT molecular complexity index is 470. The van der Waals surface area contributed by atoms with Crippen molar-refractivity contribution < 1.29 is 0 Å². The molecule has 0 aliphatic carbocycles. The Hall–Kier alpha value is -1.24. The van der Waals surface area contributed by atoms with Crippen LogP contribution in [0.2, 0.25) is 0 Å². The first-order valence-electron chi connectivity index (χ1n) is 3.48. The number of fused-ring (bicyclic) bond motifs is 1. The van der Waals surface area contributed by atoms with Crippen LogP contribution >= 0.6 is 23.7 Å². The molecule has 0 atom stereocenters. The summed E-state index contributed by atoms with van der Waals surface area (Å²) in [4.78, 5) is 0. The number of anilines is 1. The fourth-order valence-corrected chi connectivity index (χ4v) is 2.06. The standard InChI is InChI=1S/C9H6N2S.ClH/c10-4-6-5-12-9-3-7(11)1-2-8(6)9;/h1-3,5H,11H2;1H. The second kappa shape index (κ2) is 3.65. The van der Waals surface area contributed by atoms with Crippen molar-refractivity contribution in [2.24, 2.45) is 0 Å². The fraction of sp³-hybridized carbons (Fsp3) is 0. The van der Waals surface area contributed by atoms with E-state index in [1.165, 1.54) is 0 Å². The summed E-state index contributed by atoms with van der Waals surface area (Å²) < 4.78 is 1.08. The zero-order valence-electron chi connectivity index (χ0n) is 6.65. The van der Waals surface area contributed by atoms with Crippen LogP contribution in [-0.2, 0) is 0 Å². The van der Waals surface area contributed by atoms with Crippen molar-refractivity contribution in [1.82, 2.24) is 0 Å². The molecule has 0 fully saturated rings. The van der Waals surface area contributed by atoms with Gasteiger partial charge in [0.1, 0.15) is 6.07 Å². The van der Waals surface area contributed by atoms with E-state index < -0.39 is 0 Å². The zero-order chi connectivity index (χ0) is 8.55. The van der Waals surface area contributed by atoms with Crippen molar-refractivity contribution in [3.63, 3.8) is 0 Å². The number of hydrogen-bond acceptors (Lipinski definition) is 3. The van der Waals surface area contributed by atoms with E-state index in [9.17, 15) is 0 Å². The van der Waals surface area contributed by atoms with Gasteiger partial charge in [0.15, 0.2) is 0 Å². The minimum atomic E-state index is 0. The van der Waals surface area contributed by atoms with E-state index in [2.05, 4.69) is 6.07 Å². The summed E-state index contributed by atoms with van der Waals surface area (Å²) in [6.07, 6.45) is 0. The topological polar surface area (TPSA) is 49.8 Å². The maximum absolute atomic E-state index is 8.72. The lowest BCUT2D eigenvalue weighted by Crippen LogP contribution is -1.81. The first-order valence-corrected chi connectivity index (χ1v) is 4.36. The highest BCUT2D eigenvalue weighted by atomic mass is 35.5. The van der Waals surface area contributed by atoms with E-state index in [0.29, 0.717) is 0 Å². The second-order valence-electron chi connectivity index (χ2n) is 2.52. The largest absolute Gasteiger partial charge is 0.399 e. The highest BCUT2D eigenvalue weighted by molar-refractivity contribution is 7.17. The maximum atomic E-state index is 8.72. The lowest BCUT2D eigenvalue weighted by molar-refractivity contribution is 1.52. The number of nitrogens with two attached hydrogens (primary N) is 1. The third-order valence-electron chi connectivity index (χ3n) is 1.72. The van der Waals surface area contributed by atoms with Crippen molar-refractivity contribution in [3.8, 4) is 6.07 Å². The molecule has 0 aliphatic rings. The van der Waals surface area contributed by atoms with Gasteiger partial charge < -0.3 is 5.73 Å². The highest BCUT2D eigenvalue weighted by Crippen LogP contribution is 2.26. The molecule has 1 aromatic carbocycles. The van der Waals surface area contributed by atoms with Crippen LogP contribution < -0.4 is 5.73 Å². The minimum absolute atomic E-state index is 0.